The zero-order valence-electron chi connectivity index (χ0n) is 12.8. The molecule has 1 fully saturated rings. The third-order valence-electron chi connectivity index (χ3n) is 4.22. The molecule has 0 aromatic heterocycles. The van der Waals surface area contributed by atoms with Gasteiger partial charge >= 0.3 is 0 Å². The van der Waals surface area contributed by atoms with Crippen molar-refractivity contribution in [3.8, 4) is 0 Å². The van der Waals surface area contributed by atoms with Crippen molar-refractivity contribution >= 4 is 17.4 Å². The first-order chi connectivity index (χ1) is 9.43. The van der Waals surface area contributed by atoms with Gasteiger partial charge in [-0.1, -0.05) is 26.0 Å². The van der Waals surface area contributed by atoms with E-state index < -0.39 is 5.92 Å². The average molecular weight is 273 g/mol. The second-order valence-electron chi connectivity index (χ2n) is 5.96. The van der Waals surface area contributed by atoms with Crippen LogP contribution in [0.15, 0.2) is 18.2 Å². The smallest absolute Gasteiger partial charge is 0.237 e. The van der Waals surface area contributed by atoms with Crippen LogP contribution in [0.1, 0.15) is 37.8 Å². The topological polar surface area (TPSA) is 37.4 Å². The minimum Gasteiger partial charge on any atom is -0.312 e. The first kappa shape index (κ1) is 14.8. The lowest BCUT2D eigenvalue weighted by Gasteiger charge is -2.33. The predicted octanol–water partition coefficient (Wildman–Crippen LogP) is 3.27. The standard InChI is InChI=1S/C17H23NO2/c1-11(2)16(19)14-8-6-10-18(17(14)20)15-9-5-7-12(3)13(15)4/h5,7,9,11,14H,6,8,10H2,1-4H3. The van der Waals surface area contributed by atoms with E-state index in [1.807, 2.05) is 45.9 Å². The summed E-state index contributed by atoms with van der Waals surface area (Å²) in [5.74, 6) is -0.486. The van der Waals surface area contributed by atoms with Crippen LogP contribution in [0.2, 0.25) is 0 Å². The molecular weight excluding hydrogens is 250 g/mol. The molecule has 3 nitrogen and oxygen atoms in total. The monoisotopic (exact) mass is 273 g/mol. The fourth-order valence-electron chi connectivity index (χ4n) is 2.81. The van der Waals surface area contributed by atoms with Crippen molar-refractivity contribution in [1.29, 1.82) is 0 Å². The number of piperidine rings is 1. The number of hydrogen-bond acceptors (Lipinski definition) is 2. The van der Waals surface area contributed by atoms with Crippen LogP contribution in [0.25, 0.3) is 0 Å². The molecule has 1 aliphatic heterocycles. The van der Waals surface area contributed by atoms with E-state index in [4.69, 9.17) is 0 Å². The van der Waals surface area contributed by atoms with Crippen LogP contribution < -0.4 is 4.90 Å². The van der Waals surface area contributed by atoms with Crippen molar-refractivity contribution in [2.45, 2.75) is 40.5 Å². The Bertz CT molecular complexity index is 534. The summed E-state index contributed by atoms with van der Waals surface area (Å²) < 4.78 is 0. The second kappa shape index (κ2) is 5.78. The Morgan fingerprint density at radius 2 is 2.00 bits per heavy atom. The highest BCUT2D eigenvalue weighted by atomic mass is 16.2. The minimum absolute atomic E-state index is 0.0244. The van der Waals surface area contributed by atoms with Gasteiger partial charge in [0.15, 0.2) is 0 Å². The highest BCUT2D eigenvalue weighted by Crippen LogP contribution is 2.30. The van der Waals surface area contributed by atoms with E-state index in [1.54, 1.807) is 4.90 Å². The Hall–Kier alpha value is -1.64. The van der Waals surface area contributed by atoms with E-state index in [9.17, 15) is 9.59 Å². The van der Waals surface area contributed by atoms with E-state index in [2.05, 4.69) is 0 Å². The SMILES string of the molecule is Cc1cccc(N2CCCC(C(=O)C(C)C)C2=O)c1C. The zero-order valence-corrected chi connectivity index (χ0v) is 12.8. The van der Waals surface area contributed by atoms with Gasteiger partial charge in [-0.15, -0.1) is 0 Å². The van der Waals surface area contributed by atoms with Gasteiger partial charge < -0.3 is 4.90 Å². The van der Waals surface area contributed by atoms with Gasteiger partial charge in [0, 0.05) is 18.2 Å². The number of carbonyl (C=O) groups is 2. The largest absolute Gasteiger partial charge is 0.312 e. The molecule has 0 spiro atoms. The molecule has 3 heteroatoms. The predicted molar refractivity (Wildman–Crippen MR) is 80.8 cm³/mol. The van der Waals surface area contributed by atoms with Crippen molar-refractivity contribution in [3.63, 3.8) is 0 Å². The van der Waals surface area contributed by atoms with Crippen molar-refractivity contribution in [2.75, 3.05) is 11.4 Å². The van der Waals surface area contributed by atoms with Gasteiger partial charge in [-0.05, 0) is 43.9 Å². The zero-order chi connectivity index (χ0) is 14.9. The highest BCUT2D eigenvalue weighted by molar-refractivity contribution is 6.09. The van der Waals surface area contributed by atoms with E-state index in [0.717, 1.165) is 17.7 Å². The van der Waals surface area contributed by atoms with Gasteiger partial charge in [0.25, 0.3) is 0 Å². The Labute approximate surface area is 121 Å². The number of nitrogens with zero attached hydrogens (tertiary/aromatic N) is 1. The van der Waals surface area contributed by atoms with Crippen molar-refractivity contribution in [1.82, 2.24) is 0 Å². The molecule has 1 unspecified atom stereocenters. The maximum absolute atomic E-state index is 12.6. The molecular formula is C17H23NO2. The van der Waals surface area contributed by atoms with Crippen molar-refractivity contribution in [3.05, 3.63) is 29.3 Å². The summed E-state index contributed by atoms with van der Waals surface area (Å²) in [6.07, 6.45) is 1.58. The maximum atomic E-state index is 12.6. The Kier molecular flexibility index (Phi) is 4.26. The molecule has 0 N–H and O–H groups in total. The number of anilines is 1. The second-order valence-corrected chi connectivity index (χ2v) is 5.96. The van der Waals surface area contributed by atoms with Crippen LogP contribution in [0.3, 0.4) is 0 Å². The molecule has 1 saturated heterocycles. The lowest BCUT2D eigenvalue weighted by atomic mass is 9.87. The van der Waals surface area contributed by atoms with Gasteiger partial charge in [0.05, 0.1) is 5.92 Å². The van der Waals surface area contributed by atoms with Gasteiger partial charge in [-0.25, -0.2) is 0 Å². The van der Waals surface area contributed by atoms with Crippen LogP contribution in [0.5, 0.6) is 0 Å². The number of benzene rings is 1. The summed E-state index contributed by atoms with van der Waals surface area (Å²) in [6.45, 7) is 8.53. The molecule has 0 bridgehead atoms. The summed E-state index contributed by atoms with van der Waals surface area (Å²) in [5.41, 5.74) is 3.25. The number of ketones is 1. The summed E-state index contributed by atoms with van der Waals surface area (Å²) in [7, 11) is 0. The van der Waals surface area contributed by atoms with Crippen molar-refractivity contribution in [2.24, 2.45) is 11.8 Å². The third-order valence-corrected chi connectivity index (χ3v) is 4.22. The van der Waals surface area contributed by atoms with E-state index in [1.165, 1.54) is 5.56 Å². The fourth-order valence-corrected chi connectivity index (χ4v) is 2.81. The summed E-state index contributed by atoms with van der Waals surface area (Å²) in [5, 5.41) is 0. The number of carbonyl (C=O) groups excluding carboxylic acids is 2. The molecule has 1 aliphatic rings. The molecule has 1 aromatic carbocycles. The normalized spacial score (nSPS) is 19.6. The number of amides is 1. The van der Waals surface area contributed by atoms with E-state index in [0.29, 0.717) is 13.0 Å². The minimum atomic E-state index is -0.455. The average Bonchev–Trinajstić information content (AvgIpc) is 2.42. The Morgan fingerprint density at radius 1 is 1.30 bits per heavy atom. The molecule has 1 aromatic rings. The molecule has 1 amide bonds. The highest BCUT2D eigenvalue weighted by Gasteiger charge is 2.35. The first-order valence-electron chi connectivity index (χ1n) is 7.34. The Balaban J connectivity index is 2.31. The quantitative estimate of drug-likeness (QED) is 0.793. The molecule has 1 atom stereocenters. The first-order valence-corrected chi connectivity index (χ1v) is 7.34. The number of hydrogen-bond donors (Lipinski definition) is 0. The van der Waals surface area contributed by atoms with Crippen LogP contribution in [0.4, 0.5) is 5.69 Å². The number of rotatable bonds is 3. The van der Waals surface area contributed by atoms with Crippen molar-refractivity contribution < 1.29 is 9.59 Å². The summed E-state index contributed by atoms with van der Waals surface area (Å²) in [6, 6.07) is 5.99. The van der Waals surface area contributed by atoms with Gasteiger partial charge in [-0.3, -0.25) is 9.59 Å². The molecule has 2 rings (SSSR count). The maximum Gasteiger partial charge on any atom is 0.237 e. The lowest BCUT2D eigenvalue weighted by Crippen LogP contribution is -2.45. The fraction of sp³-hybridized carbons (Fsp3) is 0.529. The van der Waals surface area contributed by atoms with E-state index >= 15 is 0 Å². The summed E-state index contributed by atoms with van der Waals surface area (Å²) >= 11 is 0. The van der Waals surface area contributed by atoms with Gasteiger partial charge in [0.1, 0.15) is 5.78 Å². The molecule has 20 heavy (non-hydrogen) atoms. The molecule has 0 aliphatic carbocycles. The molecule has 0 radical (unpaired) electrons. The molecule has 0 saturated carbocycles. The lowest BCUT2D eigenvalue weighted by molar-refractivity contribution is -0.135. The number of Topliss-reactive ketones (excluding diaryl/α,β-unsaturated/α-hetero) is 1. The van der Waals surface area contributed by atoms with Crippen LogP contribution in [-0.2, 0) is 9.59 Å². The van der Waals surface area contributed by atoms with Crippen LogP contribution in [0, 0.1) is 25.7 Å². The van der Waals surface area contributed by atoms with Gasteiger partial charge in [0.2, 0.25) is 5.91 Å². The van der Waals surface area contributed by atoms with Crippen LogP contribution in [-0.4, -0.2) is 18.2 Å². The van der Waals surface area contributed by atoms with E-state index in [-0.39, 0.29) is 17.6 Å². The molecule has 108 valence electrons. The Morgan fingerprint density at radius 3 is 2.65 bits per heavy atom. The van der Waals surface area contributed by atoms with Crippen LogP contribution >= 0.6 is 0 Å². The number of aryl methyl sites for hydroxylation is 1. The van der Waals surface area contributed by atoms with Gasteiger partial charge in [-0.2, -0.15) is 0 Å². The third kappa shape index (κ3) is 2.62. The summed E-state index contributed by atoms with van der Waals surface area (Å²) in [4.78, 5) is 26.6. The molecule has 1 heterocycles.